The Bertz CT molecular complexity index is 935. The van der Waals surface area contributed by atoms with E-state index in [1.807, 2.05) is 35.7 Å². The van der Waals surface area contributed by atoms with Crippen molar-refractivity contribution in [1.29, 1.82) is 0 Å². The van der Waals surface area contributed by atoms with Crippen LogP contribution in [0, 0.1) is 0 Å². The Kier molecular flexibility index (Phi) is 4.70. The number of aliphatic carboxylic acids is 1. The zero-order chi connectivity index (χ0) is 19.0. The number of carboxylic acids is 1. The normalized spacial score (nSPS) is 26.3. The van der Waals surface area contributed by atoms with Gasteiger partial charge in [0.05, 0.1) is 5.56 Å². The predicted octanol–water partition coefficient (Wildman–Crippen LogP) is 2.79. The van der Waals surface area contributed by atoms with Crippen LogP contribution in [0.3, 0.4) is 0 Å². The number of carboxylic acid groups (broad SMARTS) is 1. The van der Waals surface area contributed by atoms with E-state index in [4.69, 9.17) is 0 Å². The van der Waals surface area contributed by atoms with Crippen molar-refractivity contribution in [3.05, 3.63) is 47.4 Å². The van der Waals surface area contributed by atoms with Gasteiger partial charge in [-0.2, -0.15) is 0 Å². The second kappa shape index (κ2) is 7.15. The lowest BCUT2D eigenvalue weighted by molar-refractivity contribution is -0.150. The van der Waals surface area contributed by atoms with Gasteiger partial charge in [-0.1, -0.05) is 24.3 Å². The Morgan fingerprint density at radius 3 is 2.78 bits per heavy atom. The molecule has 1 aromatic heterocycles. The van der Waals surface area contributed by atoms with Crippen LogP contribution in [0.25, 0.3) is 10.1 Å². The number of carbonyl (C=O) groups is 3. The first kappa shape index (κ1) is 17.7. The molecule has 2 N–H and O–H groups in total. The van der Waals surface area contributed by atoms with Crippen molar-refractivity contribution in [2.75, 3.05) is 0 Å². The molecule has 2 amide bonds. The summed E-state index contributed by atoms with van der Waals surface area (Å²) < 4.78 is 0.881. The molecular formula is C20H20N2O4S. The highest BCUT2D eigenvalue weighted by molar-refractivity contribution is 7.17. The highest BCUT2D eigenvalue weighted by atomic mass is 32.1. The average Bonchev–Trinajstić information content (AvgIpc) is 3.28. The first-order valence-corrected chi connectivity index (χ1v) is 9.91. The molecule has 1 saturated heterocycles. The molecule has 0 saturated carbocycles. The van der Waals surface area contributed by atoms with Crippen LogP contribution in [0.4, 0.5) is 0 Å². The Morgan fingerprint density at radius 2 is 1.96 bits per heavy atom. The Hall–Kier alpha value is -2.67. The van der Waals surface area contributed by atoms with Gasteiger partial charge in [0, 0.05) is 10.7 Å². The zero-order valence-corrected chi connectivity index (χ0v) is 15.4. The molecular weight excluding hydrogens is 364 g/mol. The summed E-state index contributed by atoms with van der Waals surface area (Å²) in [4.78, 5) is 39.0. The summed E-state index contributed by atoms with van der Waals surface area (Å²) in [5, 5.41) is 15.2. The van der Waals surface area contributed by atoms with Gasteiger partial charge in [-0.3, -0.25) is 9.59 Å². The van der Waals surface area contributed by atoms with Crippen LogP contribution >= 0.6 is 11.3 Å². The minimum Gasteiger partial charge on any atom is -0.480 e. The second-order valence-corrected chi connectivity index (χ2v) is 7.86. The van der Waals surface area contributed by atoms with Crippen molar-refractivity contribution in [2.45, 2.75) is 43.8 Å². The number of nitrogens with one attached hydrogen (secondary N) is 1. The molecule has 0 aliphatic carbocycles. The zero-order valence-electron chi connectivity index (χ0n) is 14.6. The Balaban J connectivity index is 1.60. The number of carbonyl (C=O) groups excluding carboxylic acids is 2. The van der Waals surface area contributed by atoms with E-state index in [0.29, 0.717) is 31.2 Å². The van der Waals surface area contributed by atoms with Crippen LogP contribution in [0.15, 0.2) is 41.8 Å². The third-order valence-corrected chi connectivity index (χ3v) is 6.28. The average molecular weight is 384 g/mol. The summed E-state index contributed by atoms with van der Waals surface area (Å²) >= 11 is 1.48. The van der Waals surface area contributed by atoms with Crippen molar-refractivity contribution in [3.63, 3.8) is 0 Å². The van der Waals surface area contributed by atoms with Crippen molar-refractivity contribution in [3.8, 4) is 0 Å². The van der Waals surface area contributed by atoms with Crippen LogP contribution in [-0.4, -0.2) is 45.9 Å². The first-order valence-electron chi connectivity index (χ1n) is 9.03. The minimum absolute atomic E-state index is 0.115. The minimum atomic E-state index is -0.983. The fourth-order valence-electron chi connectivity index (χ4n) is 3.99. The molecule has 0 radical (unpaired) electrons. The van der Waals surface area contributed by atoms with E-state index in [1.54, 1.807) is 6.07 Å². The molecule has 2 aliphatic rings. The van der Waals surface area contributed by atoms with Gasteiger partial charge >= 0.3 is 5.97 Å². The number of nitrogens with zero attached hydrogens (tertiary/aromatic N) is 1. The second-order valence-electron chi connectivity index (χ2n) is 6.94. The standard InChI is InChI=1S/C20H20N2O4S/c23-18(14-6-3-4-12-10-11-27-17(12)14)21-15-7-2-1-5-13-8-9-16(20(25)26)22(13)19(15)24/h1-4,6,10-11,13,15-16H,5,7-9H2,(H,21,23)(H,25,26)/b2-1-/t13-,15+,16+/m1/s1. The highest BCUT2D eigenvalue weighted by Gasteiger charge is 2.43. The van der Waals surface area contributed by atoms with E-state index < -0.39 is 18.1 Å². The van der Waals surface area contributed by atoms with Crippen molar-refractivity contribution >= 4 is 39.2 Å². The lowest BCUT2D eigenvalue weighted by Crippen LogP contribution is -2.54. The Labute approximate surface area is 160 Å². The largest absolute Gasteiger partial charge is 0.480 e. The molecule has 3 heterocycles. The molecule has 1 aromatic carbocycles. The van der Waals surface area contributed by atoms with Gasteiger partial charge in [0.25, 0.3) is 5.91 Å². The number of hydrogen-bond acceptors (Lipinski definition) is 4. The van der Waals surface area contributed by atoms with Crippen LogP contribution in [0.2, 0.25) is 0 Å². The highest BCUT2D eigenvalue weighted by Crippen LogP contribution is 2.30. The van der Waals surface area contributed by atoms with Gasteiger partial charge in [-0.25, -0.2) is 4.79 Å². The first-order chi connectivity index (χ1) is 13.1. The number of amides is 2. The van der Waals surface area contributed by atoms with Crippen LogP contribution < -0.4 is 5.32 Å². The number of benzene rings is 1. The molecule has 4 rings (SSSR count). The molecule has 7 heteroatoms. The van der Waals surface area contributed by atoms with E-state index in [2.05, 4.69) is 5.32 Å². The maximum atomic E-state index is 13.1. The summed E-state index contributed by atoms with van der Waals surface area (Å²) in [6.45, 7) is 0. The number of rotatable bonds is 3. The monoisotopic (exact) mass is 384 g/mol. The molecule has 140 valence electrons. The van der Waals surface area contributed by atoms with Gasteiger partial charge in [-0.15, -0.1) is 11.3 Å². The van der Waals surface area contributed by atoms with E-state index in [9.17, 15) is 19.5 Å². The van der Waals surface area contributed by atoms with E-state index in [-0.39, 0.29) is 17.9 Å². The number of fused-ring (bicyclic) bond motifs is 2. The van der Waals surface area contributed by atoms with Gasteiger partial charge < -0.3 is 15.3 Å². The lowest BCUT2D eigenvalue weighted by Gasteiger charge is -2.32. The molecule has 2 aliphatic heterocycles. The quantitative estimate of drug-likeness (QED) is 0.797. The molecule has 0 spiro atoms. The summed E-state index contributed by atoms with van der Waals surface area (Å²) in [6.07, 6.45) is 6.02. The molecule has 6 nitrogen and oxygen atoms in total. The Morgan fingerprint density at radius 1 is 1.15 bits per heavy atom. The van der Waals surface area contributed by atoms with Crippen molar-refractivity contribution in [2.24, 2.45) is 0 Å². The number of thiophene rings is 1. The number of hydrogen-bond donors (Lipinski definition) is 2. The molecule has 3 atom stereocenters. The van der Waals surface area contributed by atoms with E-state index in [1.165, 1.54) is 16.2 Å². The van der Waals surface area contributed by atoms with E-state index >= 15 is 0 Å². The summed E-state index contributed by atoms with van der Waals surface area (Å²) in [6, 6.07) is 5.78. The third kappa shape index (κ3) is 3.23. The van der Waals surface area contributed by atoms with Gasteiger partial charge in [0.2, 0.25) is 5.91 Å². The van der Waals surface area contributed by atoms with Crippen molar-refractivity contribution < 1.29 is 19.5 Å². The fourth-order valence-corrected chi connectivity index (χ4v) is 4.90. The third-order valence-electron chi connectivity index (χ3n) is 5.32. The van der Waals surface area contributed by atoms with E-state index in [0.717, 1.165) is 10.1 Å². The maximum Gasteiger partial charge on any atom is 0.326 e. The van der Waals surface area contributed by atoms with Crippen LogP contribution in [0.1, 0.15) is 36.0 Å². The lowest BCUT2D eigenvalue weighted by atomic mass is 10.0. The molecule has 2 aromatic rings. The molecule has 1 fully saturated rings. The van der Waals surface area contributed by atoms with Crippen molar-refractivity contribution in [1.82, 2.24) is 10.2 Å². The molecule has 27 heavy (non-hydrogen) atoms. The van der Waals surface area contributed by atoms with Gasteiger partial charge in [0.1, 0.15) is 12.1 Å². The fraction of sp³-hybridized carbons (Fsp3) is 0.350. The summed E-state index contributed by atoms with van der Waals surface area (Å²) in [7, 11) is 0. The summed E-state index contributed by atoms with van der Waals surface area (Å²) in [5.41, 5.74) is 0.536. The molecule has 0 bridgehead atoms. The SMILES string of the molecule is O=C(N[C@H]1C/C=C\C[C@@H]2CC[C@@H](C(=O)O)N2C1=O)c1cccc2ccsc12. The topological polar surface area (TPSA) is 86.7 Å². The van der Waals surface area contributed by atoms with Crippen LogP contribution in [-0.2, 0) is 9.59 Å². The summed E-state index contributed by atoms with van der Waals surface area (Å²) in [5.74, 6) is -1.59. The van der Waals surface area contributed by atoms with Gasteiger partial charge in [0.15, 0.2) is 0 Å². The maximum absolute atomic E-state index is 13.1. The smallest absolute Gasteiger partial charge is 0.326 e. The molecule has 0 unspecified atom stereocenters. The van der Waals surface area contributed by atoms with Gasteiger partial charge in [-0.05, 0) is 48.6 Å². The van der Waals surface area contributed by atoms with Crippen LogP contribution in [0.5, 0.6) is 0 Å². The predicted molar refractivity (Wildman–Crippen MR) is 103 cm³/mol.